The molecule has 0 spiro atoms. The number of hydrogen-bond donors (Lipinski definition) is 2. The molecular formula is C14H20ClN5. The number of nitrogens with two attached hydrogens (primary N) is 1. The first-order valence-corrected chi connectivity index (χ1v) is 7.12. The maximum Gasteiger partial charge on any atom is 0.138 e. The van der Waals surface area contributed by atoms with Crippen LogP contribution in [0.2, 0.25) is 5.02 Å². The summed E-state index contributed by atoms with van der Waals surface area (Å²) in [7, 11) is 0. The molecule has 1 heterocycles. The van der Waals surface area contributed by atoms with Crippen LogP contribution in [-0.2, 0) is 13.0 Å². The van der Waals surface area contributed by atoms with Crippen LogP contribution in [0.15, 0.2) is 24.5 Å². The highest BCUT2D eigenvalue weighted by atomic mass is 35.5. The van der Waals surface area contributed by atoms with Crippen LogP contribution in [0, 0.1) is 6.92 Å². The van der Waals surface area contributed by atoms with Gasteiger partial charge in [0.25, 0.3) is 0 Å². The minimum Gasteiger partial charge on any atom is -0.271 e. The van der Waals surface area contributed by atoms with E-state index in [-0.39, 0.29) is 6.04 Å². The summed E-state index contributed by atoms with van der Waals surface area (Å²) >= 11 is 6.00. The molecule has 3 N–H and O–H groups in total. The molecular weight excluding hydrogens is 274 g/mol. The lowest BCUT2D eigenvalue weighted by Crippen LogP contribution is -2.31. The van der Waals surface area contributed by atoms with Gasteiger partial charge in [-0.3, -0.25) is 16.0 Å². The predicted molar refractivity (Wildman–Crippen MR) is 80.3 cm³/mol. The SMILES string of the molecule is CCCn1ncnc1CC(NN)c1ccc(Cl)cc1C. The Morgan fingerprint density at radius 2 is 2.25 bits per heavy atom. The van der Waals surface area contributed by atoms with Gasteiger partial charge in [0.2, 0.25) is 0 Å². The van der Waals surface area contributed by atoms with Crippen LogP contribution in [0.5, 0.6) is 0 Å². The third-order valence-electron chi connectivity index (χ3n) is 3.33. The summed E-state index contributed by atoms with van der Waals surface area (Å²) in [6, 6.07) is 5.82. The normalized spacial score (nSPS) is 12.6. The van der Waals surface area contributed by atoms with Gasteiger partial charge in [0.1, 0.15) is 12.2 Å². The topological polar surface area (TPSA) is 68.8 Å². The number of benzene rings is 1. The molecule has 2 rings (SSSR count). The molecule has 0 aliphatic heterocycles. The van der Waals surface area contributed by atoms with Crippen molar-refractivity contribution in [2.45, 2.75) is 39.3 Å². The van der Waals surface area contributed by atoms with Crippen LogP contribution in [-0.4, -0.2) is 14.8 Å². The first kappa shape index (κ1) is 15.0. The molecule has 108 valence electrons. The van der Waals surface area contributed by atoms with Crippen molar-refractivity contribution in [3.8, 4) is 0 Å². The number of rotatable bonds is 6. The number of nitrogens with zero attached hydrogens (tertiary/aromatic N) is 3. The van der Waals surface area contributed by atoms with Crippen LogP contribution in [0.3, 0.4) is 0 Å². The van der Waals surface area contributed by atoms with Gasteiger partial charge in [0.15, 0.2) is 0 Å². The number of hydrogen-bond acceptors (Lipinski definition) is 4. The molecule has 1 aromatic heterocycles. The van der Waals surface area contributed by atoms with Gasteiger partial charge in [-0.15, -0.1) is 0 Å². The van der Waals surface area contributed by atoms with Crippen molar-refractivity contribution in [2.24, 2.45) is 5.84 Å². The predicted octanol–water partition coefficient (Wildman–Crippen LogP) is 2.40. The highest BCUT2D eigenvalue weighted by Gasteiger charge is 2.16. The first-order chi connectivity index (χ1) is 9.65. The zero-order valence-corrected chi connectivity index (χ0v) is 12.6. The number of halogens is 1. The van der Waals surface area contributed by atoms with Gasteiger partial charge in [-0.2, -0.15) is 5.10 Å². The molecule has 1 atom stereocenters. The second kappa shape index (κ2) is 6.83. The molecule has 0 aliphatic rings. The molecule has 1 unspecified atom stereocenters. The third kappa shape index (κ3) is 3.36. The largest absolute Gasteiger partial charge is 0.271 e. The van der Waals surface area contributed by atoms with Gasteiger partial charge >= 0.3 is 0 Å². The zero-order chi connectivity index (χ0) is 14.5. The summed E-state index contributed by atoms with van der Waals surface area (Å²) in [5.74, 6) is 6.65. The fraction of sp³-hybridized carbons (Fsp3) is 0.429. The molecule has 6 heteroatoms. The molecule has 0 fully saturated rings. The fourth-order valence-electron chi connectivity index (χ4n) is 2.32. The van der Waals surface area contributed by atoms with Crippen LogP contribution in [0.1, 0.15) is 36.3 Å². The molecule has 20 heavy (non-hydrogen) atoms. The molecule has 0 radical (unpaired) electrons. The quantitative estimate of drug-likeness (QED) is 0.634. The molecule has 1 aromatic carbocycles. The van der Waals surface area contributed by atoms with Gasteiger partial charge in [-0.25, -0.2) is 4.98 Å². The van der Waals surface area contributed by atoms with Crippen LogP contribution in [0.4, 0.5) is 0 Å². The average molecular weight is 294 g/mol. The monoisotopic (exact) mass is 293 g/mol. The van der Waals surface area contributed by atoms with E-state index in [1.807, 2.05) is 29.8 Å². The standard InChI is InChI=1S/C14H20ClN5/c1-3-6-20-14(17-9-18-20)8-13(19-16)12-5-4-11(15)7-10(12)2/h4-5,7,9,13,19H,3,6,8,16H2,1-2H3. The van der Waals surface area contributed by atoms with Gasteiger partial charge in [-0.05, 0) is 36.6 Å². The second-order valence-corrected chi connectivity index (χ2v) is 5.26. The van der Waals surface area contributed by atoms with Gasteiger partial charge in [0, 0.05) is 18.0 Å². The van der Waals surface area contributed by atoms with Crippen LogP contribution in [0.25, 0.3) is 0 Å². The van der Waals surface area contributed by atoms with Crippen molar-refractivity contribution in [1.29, 1.82) is 0 Å². The van der Waals surface area contributed by atoms with Crippen molar-refractivity contribution in [3.63, 3.8) is 0 Å². The van der Waals surface area contributed by atoms with E-state index < -0.39 is 0 Å². The van der Waals surface area contributed by atoms with E-state index in [4.69, 9.17) is 17.4 Å². The van der Waals surface area contributed by atoms with Crippen molar-refractivity contribution in [3.05, 3.63) is 46.5 Å². The summed E-state index contributed by atoms with van der Waals surface area (Å²) < 4.78 is 1.93. The van der Waals surface area contributed by atoms with Crippen molar-refractivity contribution in [1.82, 2.24) is 20.2 Å². The minimum atomic E-state index is -0.00734. The smallest absolute Gasteiger partial charge is 0.138 e. The van der Waals surface area contributed by atoms with E-state index in [1.54, 1.807) is 6.33 Å². The number of aromatic nitrogens is 3. The second-order valence-electron chi connectivity index (χ2n) is 4.82. The van der Waals surface area contributed by atoms with E-state index in [1.165, 1.54) is 0 Å². The molecule has 0 bridgehead atoms. The Morgan fingerprint density at radius 3 is 2.90 bits per heavy atom. The summed E-state index contributed by atoms with van der Waals surface area (Å²) in [6.07, 6.45) is 3.31. The first-order valence-electron chi connectivity index (χ1n) is 6.74. The molecule has 0 saturated carbocycles. The maximum absolute atomic E-state index is 6.00. The summed E-state index contributed by atoms with van der Waals surface area (Å²) in [5, 5.41) is 4.97. The van der Waals surface area contributed by atoms with Crippen LogP contribution < -0.4 is 11.3 Å². The number of hydrazine groups is 1. The summed E-state index contributed by atoms with van der Waals surface area (Å²) in [5.41, 5.74) is 5.10. The van der Waals surface area contributed by atoms with Gasteiger partial charge < -0.3 is 0 Å². The zero-order valence-electron chi connectivity index (χ0n) is 11.8. The average Bonchev–Trinajstić information content (AvgIpc) is 2.84. The van der Waals surface area contributed by atoms with E-state index in [9.17, 15) is 0 Å². The Bertz CT molecular complexity index is 566. The van der Waals surface area contributed by atoms with Crippen molar-refractivity contribution in [2.75, 3.05) is 0 Å². The molecule has 5 nitrogen and oxygen atoms in total. The van der Waals surface area contributed by atoms with Crippen molar-refractivity contribution < 1.29 is 0 Å². The fourth-order valence-corrected chi connectivity index (χ4v) is 2.54. The Morgan fingerprint density at radius 1 is 1.45 bits per heavy atom. The van der Waals surface area contributed by atoms with Crippen LogP contribution >= 0.6 is 11.6 Å². The van der Waals surface area contributed by atoms with E-state index >= 15 is 0 Å². The maximum atomic E-state index is 6.00. The molecule has 0 saturated heterocycles. The lowest BCUT2D eigenvalue weighted by Gasteiger charge is -2.18. The number of nitrogens with one attached hydrogen (secondary N) is 1. The molecule has 0 aliphatic carbocycles. The highest BCUT2D eigenvalue weighted by molar-refractivity contribution is 6.30. The lowest BCUT2D eigenvalue weighted by molar-refractivity contribution is 0.498. The van der Waals surface area contributed by atoms with Gasteiger partial charge in [0.05, 0.1) is 6.04 Å². The van der Waals surface area contributed by atoms with E-state index in [2.05, 4.69) is 22.4 Å². The van der Waals surface area contributed by atoms with E-state index in [0.29, 0.717) is 6.42 Å². The Balaban J connectivity index is 2.22. The Labute approximate surface area is 124 Å². The van der Waals surface area contributed by atoms with Gasteiger partial charge in [-0.1, -0.05) is 24.6 Å². The highest BCUT2D eigenvalue weighted by Crippen LogP contribution is 2.23. The van der Waals surface area contributed by atoms with Crippen molar-refractivity contribution >= 4 is 11.6 Å². The number of aryl methyl sites for hydroxylation is 2. The molecule has 0 amide bonds. The summed E-state index contributed by atoms with van der Waals surface area (Å²) in [4.78, 5) is 4.33. The third-order valence-corrected chi connectivity index (χ3v) is 3.56. The van der Waals surface area contributed by atoms with E-state index in [0.717, 1.165) is 34.9 Å². The minimum absolute atomic E-state index is 0.00734. The Kier molecular flexibility index (Phi) is 5.11. The summed E-state index contributed by atoms with van der Waals surface area (Å²) in [6.45, 7) is 5.02. The molecule has 2 aromatic rings. The lowest BCUT2D eigenvalue weighted by atomic mass is 9.99. The Hall–Kier alpha value is -1.43.